The van der Waals surface area contributed by atoms with Crippen LogP contribution in [0.3, 0.4) is 0 Å². The van der Waals surface area contributed by atoms with E-state index >= 15 is 0 Å². The highest BCUT2D eigenvalue weighted by atomic mass is 16.2. The number of allylic oxidation sites excluding steroid dienone is 3. The van der Waals surface area contributed by atoms with Crippen molar-refractivity contribution in [2.24, 2.45) is 11.3 Å². The molecule has 1 heteroatoms. The largest absolute Gasteiger partial charge is 0.392 e. The minimum absolute atomic E-state index is 0.164. The number of aliphatic hydroxyl groups excluding tert-OH is 1. The molecular formula is C12H20O. The molecule has 1 aliphatic rings. The summed E-state index contributed by atoms with van der Waals surface area (Å²) in [6.45, 7) is 9.05. The van der Waals surface area contributed by atoms with Gasteiger partial charge in [0.05, 0.1) is 6.61 Å². The molecule has 1 atom stereocenters. The van der Waals surface area contributed by atoms with Gasteiger partial charge in [-0.3, -0.25) is 0 Å². The molecule has 0 heterocycles. The zero-order chi connectivity index (χ0) is 10.1. The zero-order valence-electron chi connectivity index (χ0n) is 9.09. The predicted octanol–water partition coefficient (Wildman–Crippen LogP) is 2.92. The Balaban J connectivity index is 2.82. The molecule has 1 nitrogen and oxygen atoms in total. The minimum Gasteiger partial charge on any atom is -0.392 e. The molecule has 0 bridgehead atoms. The van der Waals surface area contributed by atoms with Crippen molar-refractivity contribution in [1.29, 1.82) is 0 Å². The van der Waals surface area contributed by atoms with Gasteiger partial charge >= 0.3 is 0 Å². The average Bonchev–Trinajstić information content (AvgIpc) is 2.28. The van der Waals surface area contributed by atoms with E-state index in [-0.39, 0.29) is 12.0 Å². The van der Waals surface area contributed by atoms with Gasteiger partial charge in [-0.05, 0) is 31.6 Å². The van der Waals surface area contributed by atoms with Crippen molar-refractivity contribution in [2.75, 3.05) is 6.61 Å². The third kappa shape index (κ3) is 1.86. The van der Waals surface area contributed by atoms with Crippen LogP contribution in [-0.2, 0) is 0 Å². The molecule has 0 aliphatic heterocycles. The van der Waals surface area contributed by atoms with Gasteiger partial charge in [0, 0.05) is 0 Å². The summed E-state index contributed by atoms with van der Waals surface area (Å²) in [4.78, 5) is 0. The first-order valence-corrected chi connectivity index (χ1v) is 4.95. The van der Waals surface area contributed by atoms with Crippen molar-refractivity contribution in [3.8, 4) is 0 Å². The molecule has 0 aromatic carbocycles. The highest BCUT2D eigenvalue weighted by Crippen LogP contribution is 2.46. The maximum Gasteiger partial charge on any atom is 0.0615 e. The topological polar surface area (TPSA) is 20.2 Å². The van der Waals surface area contributed by atoms with E-state index in [1.165, 1.54) is 11.1 Å². The van der Waals surface area contributed by atoms with Crippen LogP contribution in [-0.4, -0.2) is 11.7 Å². The maximum atomic E-state index is 8.84. The van der Waals surface area contributed by atoms with Crippen molar-refractivity contribution in [2.45, 2.75) is 34.1 Å². The Morgan fingerprint density at radius 2 is 2.31 bits per heavy atom. The smallest absolute Gasteiger partial charge is 0.0615 e. The molecule has 0 amide bonds. The van der Waals surface area contributed by atoms with E-state index in [1.54, 1.807) is 0 Å². The number of hydrogen-bond acceptors (Lipinski definition) is 1. The van der Waals surface area contributed by atoms with E-state index < -0.39 is 0 Å². The van der Waals surface area contributed by atoms with Gasteiger partial charge in [-0.15, -0.1) is 0 Å². The third-order valence-corrected chi connectivity index (χ3v) is 3.51. The fourth-order valence-corrected chi connectivity index (χ4v) is 2.17. The molecule has 1 N–H and O–H groups in total. The normalized spacial score (nSPS) is 27.6. The second-order valence-electron chi connectivity index (χ2n) is 4.53. The fraction of sp³-hybridized carbons (Fsp3) is 0.667. The first-order chi connectivity index (χ1) is 6.00. The van der Waals surface area contributed by atoms with E-state index in [0.29, 0.717) is 5.92 Å². The monoisotopic (exact) mass is 180 g/mol. The summed E-state index contributed by atoms with van der Waals surface area (Å²) in [6, 6.07) is 0. The lowest BCUT2D eigenvalue weighted by Gasteiger charge is -2.30. The number of hydrogen-bond donors (Lipinski definition) is 1. The molecule has 0 spiro atoms. The molecule has 0 aromatic heterocycles. The summed E-state index contributed by atoms with van der Waals surface area (Å²) in [6.07, 6.45) is 5.37. The lowest BCUT2D eigenvalue weighted by Crippen LogP contribution is -2.21. The summed E-state index contributed by atoms with van der Waals surface area (Å²) in [5.41, 5.74) is 3.07. The SMILES string of the molecule is CC(=CCO)C1CC=C(C)C1(C)C. The summed E-state index contributed by atoms with van der Waals surface area (Å²) < 4.78 is 0. The Morgan fingerprint density at radius 1 is 1.69 bits per heavy atom. The first kappa shape index (κ1) is 10.5. The van der Waals surface area contributed by atoms with Crippen LogP contribution in [0, 0.1) is 11.3 Å². The maximum absolute atomic E-state index is 8.84. The summed E-state index contributed by atoms with van der Waals surface area (Å²) in [5.74, 6) is 0.583. The Kier molecular flexibility index (Phi) is 2.97. The van der Waals surface area contributed by atoms with Gasteiger partial charge in [-0.2, -0.15) is 0 Å². The van der Waals surface area contributed by atoms with Gasteiger partial charge < -0.3 is 5.11 Å². The molecular weight excluding hydrogens is 160 g/mol. The van der Waals surface area contributed by atoms with Crippen LogP contribution in [0.1, 0.15) is 34.1 Å². The Labute approximate surface area is 81.2 Å². The van der Waals surface area contributed by atoms with Crippen LogP contribution >= 0.6 is 0 Å². The van der Waals surface area contributed by atoms with Gasteiger partial charge in [-0.1, -0.05) is 37.1 Å². The van der Waals surface area contributed by atoms with Crippen LogP contribution in [0.5, 0.6) is 0 Å². The number of rotatable bonds is 2. The lowest BCUT2D eigenvalue weighted by atomic mass is 9.74. The molecule has 0 saturated carbocycles. The summed E-state index contributed by atoms with van der Waals surface area (Å²) in [7, 11) is 0. The molecule has 1 rings (SSSR count). The Bertz CT molecular complexity index is 246. The highest BCUT2D eigenvalue weighted by molar-refractivity contribution is 5.25. The summed E-state index contributed by atoms with van der Waals surface area (Å²) >= 11 is 0. The van der Waals surface area contributed by atoms with Crippen LogP contribution in [0.4, 0.5) is 0 Å². The summed E-state index contributed by atoms with van der Waals surface area (Å²) in [5, 5.41) is 8.84. The molecule has 1 unspecified atom stereocenters. The van der Waals surface area contributed by atoms with Gasteiger partial charge in [0.25, 0.3) is 0 Å². The second kappa shape index (κ2) is 3.67. The van der Waals surface area contributed by atoms with Crippen LogP contribution < -0.4 is 0 Å². The Hall–Kier alpha value is -0.560. The fourth-order valence-electron chi connectivity index (χ4n) is 2.17. The molecule has 0 saturated heterocycles. The Morgan fingerprint density at radius 3 is 2.69 bits per heavy atom. The molecule has 0 fully saturated rings. The van der Waals surface area contributed by atoms with Crippen molar-refractivity contribution < 1.29 is 5.11 Å². The van der Waals surface area contributed by atoms with Gasteiger partial charge in [-0.25, -0.2) is 0 Å². The minimum atomic E-state index is 0.164. The van der Waals surface area contributed by atoms with Crippen LogP contribution in [0.2, 0.25) is 0 Å². The van der Waals surface area contributed by atoms with Crippen molar-refractivity contribution in [3.05, 3.63) is 23.3 Å². The van der Waals surface area contributed by atoms with Gasteiger partial charge in [0.1, 0.15) is 0 Å². The highest BCUT2D eigenvalue weighted by Gasteiger charge is 2.35. The second-order valence-corrected chi connectivity index (χ2v) is 4.53. The van der Waals surface area contributed by atoms with E-state index in [2.05, 4.69) is 33.8 Å². The van der Waals surface area contributed by atoms with Crippen molar-refractivity contribution in [3.63, 3.8) is 0 Å². The standard InChI is InChI=1S/C12H20O/c1-9(7-8-13)11-6-5-10(2)12(11,3)4/h5,7,11,13H,6,8H2,1-4H3. The molecule has 74 valence electrons. The zero-order valence-corrected chi connectivity index (χ0v) is 9.09. The van der Waals surface area contributed by atoms with Crippen LogP contribution in [0.15, 0.2) is 23.3 Å². The lowest BCUT2D eigenvalue weighted by molar-refractivity contribution is 0.320. The first-order valence-electron chi connectivity index (χ1n) is 4.95. The van der Waals surface area contributed by atoms with Crippen LogP contribution in [0.25, 0.3) is 0 Å². The predicted molar refractivity (Wildman–Crippen MR) is 56.5 cm³/mol. The number of aliphatic hydroxyl groups is 1. The molecule has 13 heavy (non-hydrogen) atoms. The van der Waals surface area contributed by atoms with E-state index in [4.69, 9.17) is 5.11 Å². The van der Waals surface area contributed by atoms with Crippen molar-refractivity contribution in [1.82, 2.24) is 0 Å². The van der Waals surface area contributed by atoms with E-state index in [0.717, 1.165) is 6.42 Å². The molecule has 1 aliphatic carbocycles. The van der Waals surface area contributed by atoms with E-state index in [9.17, 15) is 0 Å². The molecule has 0 radical (unpaired) electrons. The van der Waals surface area contributed by atoms with E-state index in [1.807, 2.05) is 6.08 Å². The quantitative estimate of drug-likeness (QED) is 0.648. The van der Waals surface area contributed by atoms with Gasteiger partial charge in [0.15, 0.2) is 0 Å². The average molecular weight is 180 g/mol. The third-order valence-electron chi connectivity index (χ3n) is 3.51. The molecule has 0 aromatic rings. The van der Waals surface area contributed by atoms with Crippen molar-refractivity contribution >= 4 is 0 Å². The van der Waals surface area contributed by atoms with Gasteiger partial charge in [0.2, 0.25) is 0 Å².